The first-order valence-electron chi connectivity index (χ1n) is 2.84. The van der Waals surface area contributed by atoms with Crippen molar-refractivity contribution in [3.8, 4) is 0 Å². The third kappa shape index (κ3) is 5.03. The van der Waals surface area contributed by atoms with Gasteiger partial charge >= 0.3 is 0 Å². The minimum absolute atomic E-state index is 0.0646. The summed E-state index contributed by atoms with van der Waals surface area (Å²) in [6, 6.07) is 0. The molecule has 52 valence electrons. The molecule has 0 unspecified atom stereocenters. The van der Waals surface area contributed by atoms with Gasteiger partial charge in [-0.05, 0) is 7.05 Å². The van der Waals surface area contributed by atoms with E-state index in [4.69, 9.17) is 0 Å². The Bertz CT molecular complexity index is 110. The van der Waals surface area contributed by atoms with Gasteiger partial charge < -0.3 is 10.6 Å². The molecule has 0 rings (SSSR count). The lowest BCUT2D eigenvalue weighted by Crippen LogP contribution is -2.15. The summed E-state index contributed by atoms with van der Waals surface area (Å²) in [5.74, 6) is -0.0646. The molecule has 0 aromatic heterocycles. The van der Waals surface area contributed by atoms with Crippen molar-refractivity contribution in [2.45, 2.75) is 0 Å². The first kappa shape index (κ1) is 8.17. The molecule has 9 heavy (non-hydrogen) atoms. The van der Waals surface area contributed by atoms with E-state index in [1.807, 2.05) is 7.05 Å². The summed E-state index contributed by atoms with van der Waals surface area (Å²) in [7, 11) is 3.43. The third-order valence-electron chi connectivity index (χ3n) is 0.838. The molecule has 0 heterocycles. The zero-order chi connectivity index (χ0) is 7.11. The van der Waals surface area contributed by atoms with Crippen LogP contribution >= 0.6 is 0 Å². The van der Waals surface area contributed by atoms with Gasteiger partial charge in [-0.25, -0.2) is 0 Å². The molecule has 0 atom stereocenters. The van der Waals surface area contributed by atoms with E-state index in [-0.39, 0.29) is 5.91 Å². The van der Waals surface area contributed by atoms with Crippen LogP contribution in [0.15, 0.2) is 12.2 Å². The molecule has 0 spiro atoms. The second-order valence-corrected chi connectivity index (χ2v) is 1.57. The zero-order valence-electron chi connectivity index (χ0n) is 5.77. The van der Waals surface area contributed by atoms with Crippen LogP contribution in [0, 0.1) is 0 Å². The first-order chi connectivity index (χ1) is 4.31. The summed E-state index contributed by atoms with van der Waals surface area (Å²) in [6.45, 7) is 0.730. The fraction of sp³-hybridized carbons (Fsp3) is 0.500. The molecule has 1 amide bonds. The van der Waals surface area contributed by atoms with Crippen LogP contribution in [-0.2, 0) is 4.79 Å². The minimum atomic E-state index is -0.0646. The van der Waals surface area contributed by atoms with Gasteiger partial charge in [0.2, 0.25) is 5.91 Å². The highest BCUT2D eigenvalue weighted by Crippen LogP contribution is 1.68. The Morgan fingerprint density at radius 3 is 2.67 bits per heavy atom. The predicted octanol–water partition coefficient (Wildman–Crippen LogP) is -0.492. The van der Waals surface area contributed by atoms with E-state index in [2.05, 4.69) is 10.6 Å². The summed E-state index contributed by atoms with van der Waals surface area (Å²) in [4.78, 5) is 10.5. The zero-order valence-corrected chi connectivity index (χ0v) is 5.77. The molecule has 0 aromatic carbocycles. The van der Waals surface area contributed by atoms with Crippen LogP contribution < -0.4 is 10.6 Å². The lowest BCUT2D eigenvalue weighted by molar-refractivity contribution is -0.116. The normalized spacial score (nSPS) is 10.0. The largest absolute Gasteiger partial charge is 0.356 e. The average Bonchev–Trinajstić information content (AvgIpc) is 1.89. The summed E-state index contributed by atoms with van der Waals surface area (Å²) in [6.07, 6.45) is 3.26. The summed E-state index contributed by atoms with van der Waals surface area (Å²) >= 11 is 0. The van der Waals surface area contributed by atoms with Crippen LogP contribution in [0.5, 0.6) is 0 Å². The number of carbonyl (C=O) groups is 1. The van der Waals surface area contributed by atoms with Crippen molar-refractivity contribution in [2.75, 3.05) is 20.6 Å². The molecule has 3 heteroatoms. The lowest BCUT2D eigenvalue weighted by Gasteiger charge is -1.88. The maximum atomic E-state index is 10.5. The fourth-order valence-corrected chi connectivity index (χ4v) is 0.367. The molecule has 0 bridgehead atoms. The lowest BCUT2D eigenvalue weighted by atomic mass is 10.5. The highest BCUT2D eigenvalue weighted by atomic mass is 16.1. The van der Waals surface area contributed by atoms with E-state index in [9.17, 15) is 4.79 Å². The van der Waals surface area contributed by atoms with Crippen LogP contribution in [0.4, 0.5) is 0 Å². The Morgan fingerprint density at radius 2 is 2.22 bits per heavy atom. The van der Waals surface area contributed by atoms with Gasteiger partial charge in [-0.2, -0.15) is 0 Å². The Balaban J connectivity index is 3.32. The summed E-state index contributed by atoms with van der Waals surface area (Å²) < 4.78 is 0. The summed E-state index contributed by atoms with van der Waals surface area (Å²) in [5.41, 5.74) is 0. The Hall–Kier alpha value is -0.830. The molecule has 0 aliphatic heterocycles. The quantitative estimate of drug-likeness (QED) is 0.503. The monoisotopic (exact) mass is 128 g/mol. The highest BCUT2D eigenvalue weighted by molar-refractivity contribution is 5.87. The molecule has 0 aliphatic carbocycles. The van der Waals surface area contributed by atoms with E-state index >= 15 is 0 Å². The Labute approximate surface area is 55.1 Å². The number of hydrogen-bond donors (Lipinski definition) is 2. The van der Waals surface area contributed by atoms with Crippen molar-refractivity contribution in [3.05, 3.63) is 12.2 Å². The highest BCUT2D eigenvalue weighted by Gasteiger charge is 1.83. The van der Waals surface area contributed by atoms with Crippen LogP contribution in [0.25, 0.3) is 0 Å². The van der Waals surface area contributed by atoms with Crippen molar-refractivity contribution in [2.24, 2.45) is 0 Å². The average molecular weight is 128 g/mol. The van der Waals surface area contributed by atoms with Crippen molar-refractivity contribution in [1.29, 1.82) is 0 Å². The molecule has 0 radical (unpaired) electrons. The van der Waals surface area contributed by atoms with Crippen molar-refractivity contribution in [3.63, 3.8) is 0 Å². The van der Waals surface area contributed by atoms with Gasteiger partial charge in [0.1, 0.15) is 0 Å². The van der Waals surface area contributed by atoms with Crippen molar-refractivity contribution < 1.29 is 4.79 Å². The summed E-state index contributed by atoms with van der Waals surface area (Å²) in [5, 5.41) is 5.35. The number of amides is 1. The van der Waals surface area contributed by atoms with Gasteiger partial charge in [-0.3, -0.25) is 4.79 Å². The topological polar surface area (TPSA) is 41.1 Å². The maximum absolute atomic E-state index is 10.5. The fourth-order valence-electron chi connectivity index (χ4n) is 0.367. The van der Waals surface area contributed by atoms with E-state index in [1.165, 1.54) is 6.08 Å². The van der Waals surface area contributed by atoms with Crippen molar-refractivity contribution in [1.82, 2.24) is 10.6 Å². The van der Waals surface area contributed by atoms with Crippen LogP contribution in [-0.4, -0.2) is 26.5 Å². The van der Waals surface area contributed by atoms with Crippen LogP contribution in [0.2, 0.25) is 0 Å². The van der Waals surface area contributed by atoms with E-state index in [0.29, 0.717) is 0 Å². The van der Waals surface area contributed by atoms with Gasteiger partial charge in [-0.1, -0.05) is 6.08 Å². The van der Waals surface area contributed by atoms with Crippen LogP contribution in [0.1, 0.15) is 0 Å². The SMILES string of the molecule is CNC/C=C/C(=O)NC. The number of nitrogens with one attached hydrogen (secondary N) is 2. The number of likely N-dealkylation sites (N-methyl/N-ethyl adjacent to an activating group) is 2. The van der Waals surface area contributed by atoms with E-state index in [1.54, 1.807) is 13.1 Å². The molecule has 0 saturated carbocycles. The molecule has 2 N–H and O–H groups in total. The first-order valence-corrected chi connectivity index (χ1v) is 2.84. The molecular formula is C6H12N2O. The smallest absolute Gasteiger partial charge is 0.243 e. The number of carbonyl (C=O) groups excluding carboxylic acids is 1. The van der Waals surface area contributed by atoms with Gasteiger partial charge in [0.15, 0.2) is 0 Å². The standard InChI is InChI=1S/C6H12N2O/c1-7-5-3-4-6(9)8-2/h3-4,7H,5H2,1-2H3,(H,8,9)/b4-3+. The van der Waals surface area contributed by atoms with Gasteiger partial charge in [0.05, 0.1) is 0 Å². The number of rotatable bonds is 3. The van der Waals surface area contributed by atoms with Crippen molar-refractivity contribution >= 4 is 5.91 Å². The number of hydrogen-bond acceptors (Lipinski definition) is 2. The van der Waals surface area contributed by atoms with Gasteiger partial charge in [-0.15, -0.1) is 0 Å². The molecular weight excluding hydrogens is 116 g/mol. The second kappa shape index (κ2) is 5.31. The molecule has 0 fully saturated rings. The minimum Gasteiger partial charge on any atom is -0.356 e. The van der Waals surface area contributed by atoms with E-state index in [0.717, 1.165) is 6.54 Å². The van der Waals surface area contributed by atoms with Gasteiger partial charge in [0, 0.05) is 19.7 Å². The third-order valence-corrected chi connectivity index (χ3v) is 0.838. The Kier molecular flexibility index (Phi) is 4.82. The van der Waals surface area contributed by atoms with Gasteiger partial charge in [0.25, 0.3) is 0 Å². The van der Waals surface area contributed by atoms with E-state index < -0.39 is 0 Å². The molecule has 0 aliphatic rings. The molecule has 0 saturated heterocycles. The van der Waals surface area contributed by atoms with Crippen LogP contribution in [0.3, 0.4) is 0 Å². The predicted molar refractivity (Wildman–Crippen MR) is 37.1 cm³/mol. The molecule has 0 aromatic rings. The maximum Gasteiger partial charge on any atom is 0.243 e. The molecule has 3 nitrogen and oxygen atoms in total. The Morgan fingerprint density at radius 1 is 1.56 bits per heavy atom. The second-order valence-electron chi connectivity index (χ2n) is 1.57.